The topological polar surface area (TPSA) is 12.0 Å². The first kappa shape index (κ1) is 8.06. The summed E-state index contributed by atoms with van der Waals surface area (Å²) < 4.78 is 1.15. The molecular weight excluding hydrogens is 238 g/mol. The van der Waals surface area contributed by atoms with Crippen LogP contribution in [0.4, 0.5) is 5.69 Å². The molecule has 0 amide bonds. The number of rotatable bonds is 0. The standard InChI is InChI=1S/C12H8BrN/c13-10-5-4-8-2-1-3-11-12(8)9(10)6-7-14-11/h1-7,14H. The highest BCUT2D eigenvalue weighted by Gasteiger charge is 2.09. The Balaban J connectivity index is 2.56. The molecule has 0 aromatic heterocycles. The molecule has 0 saturated heterocycles. The summed E-state index contributed by atoms with van der Waals surface area (Å²) in [4.78, 5) is 0. The van der Waals surface area contributed by atoms with Crippen LogP contribution in [0.25, 0.3) is 16.8 Å². The van der Waals surface area contributed by atoms with E-state index >= 15 is 0 Å². The normalized spacial score (nSPS) is 12.9. The van der Waals surface area contributed by atoms with Crippen LogP contribution in [0, 0.1) is 0 Å². The molecule has 0 atom stereocenters. The molecule has 3 rings (SSSR count). The lowest BCUT2D eigenvalue weighted by Gasteiger charge is -2.14. The van der Waals surface area contributed by atoms with E-state index in [-0.39, 0.29) is 0 Å². The molecule has 14 heavy (non-hydrogen) atoms. The van der Waals surface area contributed by atoms with Crippen molar-refractivity contribution in [1.29, 1.82) is 0 Å². The van der Waals surface area contributed by atoms with E-state index in [0.717, 1.165) is 4.47 Å². The summed E-state index contributed by atoms with van der Waals surface area (Å²) in [7, 11) is 0. The zero-order valence-electron chi connectivity index (χ0n) is 7.42. The van der Waals surface area contributed by atoms with Gasteiger partial charge in [-0.3, -0.25) is 0 Å². The van der Waals surface area contributed by atoms with Gasteiger partial charge in [0.05, 0.1) is 0 Å². The van der Waals surface area contributed by atoms with Crippen molar-refractivity contribution in [3.63, 3.8) is 0 Å². The summed E-state index contributed by atoms with van der Waals surface area (Å²) in [5, 5.41) is 5.82. The molecule has 1 aliphatic rings. The van der Waals surface area contributed by atoms with Crippen LogP contribution in [0.5, 0.6) is 0 Å². The Kier molecular flexibility index (Phi) is 1.64. The Morgan fingerprint density at radius 3 is 2.93 bits per heavy atom. The molecule has 1 heterocycles. The average Bonchev–Trinajstić information content (AvgIpc) is 2.24. The SMILES string of the molecule is Brc1ccc2cccc3c2c1C=CN3. The lowest BCUT2D eigenvalue weighted by atomic mass is 10.0. The molecule has 0 saturated carbocycles. The molecule has 0 fully saturated rings. The zero-order chi connectivity index (χ0) is 9.54. The Bertz CT molecular complexity index is 543. The molecule has 2 aromatic rings. The van der Waals surface area contributed by atoms with E-state index in [9.17, 15) is 0 Å². The lowest BCUT2D eigenvalue weighted by molar-refractivity contribution is 1.57. The monoisotopic (exact) mass is 245 g/mol. The van der Waals surface area contributed by atoms with Gasteiger partial charge in [0.15, 0.2) is 0 Å². The molecule has 0 bridgehead atoms. The fraction of sp³-hybridized carbons (Fsp3) is 0. The van der Waals surface area contributed by atoms with Gasteiger partial charge in [-0.15, -0.1) is 0 Å². The van der Waals surface area contributed by atoms with Crippen LogP contribution < -0.4 is 5.32 Å². The Morgan fingerprint density at radius 1 is 1.07 bits per heavy atom. The second-order valence-corrected chi connectivity index (χ2v) is 4.20. The number of benzene rings is 2. The molecule has 68 valence electrons. The van der Waals surface area contributed by atoms with Crippen LogP contribution in [0.3, 0.4) is 0 Å². The van der Waals surface area contributed by atoms with E-state index in [0.29, 0.717) is 0 Å². The summed E-state index contributed by atoms with van der Waals surface area (Å²) >= 11 is 3.57. The third-order valence-electron chi connectivity index (χ3n) is 2.52. The zero-order valence-corrected chi connectivity index (χ0v) is 9.01. The van der Waals surface area contributed by atoms with Crippen molar-refractivity contribution in [2.45, 2.75) is 0 Å². The Hall–Kier alpha value is -1.28. The first-order valence-corrected chi connectivity index (χ1v) is 5.30. The minimum atomic E-state index is 1.15. The van der Waals surface area contributed by atoms with E-state index in [1.165, 1.54) is 22.0 Å². The maximum atomic E-state index is 3.57. The summed E-state index contributed by atoms with van der Waals surface area (Å²) in [6, 6.07) is 10.5. The van der Waals surface area contributed by atoms with Gasteiger partial charge in [-0.1, -0.05) is 34.1 Å². The third-order valence-corrected chi connectivity index (χ3v) is 3.21. The van der Waals surface area contributed by atoms with Crippen molar-refractivity contribution < 1.29 is 0 Å². The van der Waals surface area contributed by atoms with Crippen LogP contribution in [-0.2, 0) is 0 Å². The van der Waals surface area contributed by atoms with Crippen molar-refractivity contribution in [2.24, 2.45) is 0 Å². The van der Waals surface area contributed by atoms with Gasteiger partial charge in [-0.2, -0.15) is 0 Å². The number of nitrogens with one attached hydrogen (secondary N) is 1. The fourth-order valence-electron chi connectivity index (χ4n) is 1.88. The molecule has 1 nitrogen and oxygen atoms in total. The predicted molar refractivity (Wildman–Crippen MR) is 64.3 cm³/mol. The van der Waals surface area contributed by atoms with Crippen LogP contribution >= 0.6 is 15.9 Å². The lowest BCUT2D eigenvalue weighted by Crippen LogP contribution is -1.96. The van der Waals surface area contributed by atoms with Crippen LogP contribution in [-0.4, -0.2) is 0 Å². The number of halogens is 1. The average molecular weight is 246 g/mol. The minimum absolute atomic E-state index is 1.15. The largest absolute Gasteiger partial charge is 0.361 e. The van der Waals surface area contributed by atoms with Crippen molar-refractivity contribution in [1.82, 2.24) is 0 Å². The molecule has 0 radical (unpaired) electrons. The molecule has 0 aliphatic carbocycles. The highest BCUT2D eigenvalue weighted by Crippen LogP contribution is 2.35. The third kappa shape index (κ3) is 1.01. The first-order chi connectivity index (χ1) is 6.86. The van der Waals surface area contributed by atoms with Gasteiger partial charge in [0, 0.05) is 21.7 Å². The van der Waals surface area contributed by atoms with Gasteiger partial charge in [-0.05, 0) is 29.2 Å². The van der Waals surface area contributed by atoms with Gasteiger partial charge in [0.1, 0.15) is 0 Å². The quantitative estimate of drug-likeness (QED) is 0.740. The Labute approximate surface area is 90.6 Å². The van der Waals surface area contributed by atoms with Crippen LogP contribution in [0.15, 0.2) is 41.0 Å². The van der Waals surface area contributed by atoms with E-state index < -0.39 is 0 Å². The maximum Gasteiger partial charge on any atom is 0.0465 e. The smallest absolute Gasteiger partial charge is 0.0465 e. The van der Waals surface area contributed by atoms with Gasteiger partial charge >= 0.3 is 0 Å². The second-order valence-electron chi connectivity index (χ2n) is 3.34. The first-order valence-electron chi connectivity index (χ1n) is 4.50. The summed E-state index contributed by atoms with van der Waals surface area (Å²) in [6.07, 6.45) is 4.07. The van der Waals surface area contributed by atoms with E-state index in [1.54, 1.807) is 0 Å². The molecule has 0 unspecified atom stereocenters. The van der Waals surface area contributed by atoms with Crippen molar-refractivity contribution >= 4 is 38.5 Å². The summed E-state index contributed by atoms with van der Waals surface area (Å²) in [6.45, 7) is 0. The van der Waals surface area contributed by atoms with E-state index in [2.05, 4.69) is 57.7 Å². The van der Waals surface area contributed by atoms with Crippen LogP contribution in [0.1, 0.15) is 5.56 Å². The number of hydrogen-bond donors (Lipinski definition) is 1. The number of anilines is 1. The molecule has 2 aromatic carbocycles. The van der Waals surface area contributed by atoms with E-state index in [1.807, 2.05) is 6.20 Å². The van der Waals surface area contributed by atoms with Crippen molar-refractivity contribution in [3.05, 3.63) is 46.6 Å². The predicted octanol–water partition coefficient (Wildman–Crippen LogP) is 4.00. The van der Waals surface area contributed by atoms with Crippen LogP contribution in [0.2, 0.25) is 0 Å². The molecular formula is C12H8BrN. The van der Waals surface area contributed by atoms with Gasteiger partial charge in [0.2, 0.25) is 0 Å². The summed E-state index contributed by atoms with van der Waals surface area (Å²) in [5.74, 6) is 0. The van der Waals surface area contributed by atoms with Crippen molar-refractivity contribution in [3.8, 4) is 0 Å². The fourth-order valence-corrected chi connectivity index (χ4v) is 2.34. The molecule has 1 aliphatic heterocycles. The highest BCUT2D eigenvalue weighted by atomic mass is 79.9. The second kappa shape index (κ2) is 2.85. The van der Waals surface area contributed by atoms with Gasteiger partial charge in [-0.25, -0.2) is 0 Å². The summed E-state index contributed by atoms with van der Waals surface area (Å²) in [5.41, 5.74) is 2.44. The van der Waals surface area contributed by atoms with E-state index in [4.69, 9.17) is 0 Å². The van der Waals surface area contributed by atoms with Gasteiger partial charge in [0.25, 0.3) is 0 Å². The molecule has 2 heteroatoms. The molecule has 1 N–H and O–H groups in total. The minimum Gasteiger partial charge on any atom is -0.361 e. The number of hydrogen-bond acceptors (Lipinski definition) is 1. The Morgan fingerprint density at radius 2 is 2.00 bits per heavy atom. The molecule has 0 spiro atoms. The van der Waals surface area contributed by atoms with Gasteiger partial charge < -0.3 is 5.32 Å². The van der Waals surface area contributed by atoms with Crippen molar-refractivity contribution in [2.75, 3.05) is 5.32 Å². The maximum absolute atomic E-state index is 3.57. The highest BCUT2D eigenvalue weighted by molar-refractivity contribution is 9.10.